The van der Waals surface area contributed by atoms with Crippen molar-refractivity contribution in [2.24, 2.45) is 5.41 Å². The lowest BCUT2D eigenvalue weighted by Gasteiger charge is -2.21. The average molecular weight is 260 g/mol. The van der Waals surface area contributed by atoms with Crippen LogP contribution in [-0.4, -0.2) is 31.7 Å². The van der Waals surface area contributed by atoms with Gasteiger partial charge < -0.3 is 16.0 Å². The Morgan fingerprint density at radius 2 is 2.11 bits per heavy atom. The maximum Gasteiger partial charge on any atom is 0.149 e. The van der Waals surface area contributed by atoms with Crippen LogP contribution in [0.5, 0.6) is 0 Å². The Morgan fingerprint density at radius 3 is 2.68 bits per heavy atom. The molecule has 1 aromatic rings. The second-order valence-electron chi connectivity index (χ2n) is 6.12. The van der Waals surface area contributed by atoms with Crippen molar-refractivity contribution in [2.75, 3.05) is 37.3 Å². The van der Waals surface area contributed by atoms with Crippen LogP contribution < -0.4 is 16.0 Å². The molecule has 0 radical (unpaired) electrons. The van der Waals surface area contributed by atoms with E-state index in [-0.39, 0.29) is 5.41 Å². The zero-order valence-corrected chi connectivity index (χ0v) is 12.3. The molecule has 0 saturated carbocycles. The Bertz CT molecular complexity index is 472. The lowest BCUT2D eigenvalue weighted by Crippen LogP contribution is -2.20. The molecule has 0 atom stereocenters. The van der Waals surface area contributed by atoms with Gasteiger partial charge in [-0.05, 0) is 23.1 Å². The number of nitrogens with one attached hydrogen (secondary N) is 3. The summed E-state index contributed by atoms with van der Waals surface area (Å²) in [5, 5.41) is 9.94. The van der Waals surface area contributed by atoms with Crippen molar-refractivity contribution in [3.63, 3.8) is 0 Å². The minimum atomic E-state index is 0.252. The molecule has 2 rings (SSSR count). The zero-order chi connectivity index (χ0) is 13.9. The van der Waals surface area contributed by atoms with Crippen molar-refractivity contribution < 1.29 is 0 Å². The van der Waals surface area contributed by atoms with Crippen molar-refractivity contribution in [3.05, 3.63) is 23.9 Å². The number of hydrogen-bond donors (Lipinski definition) is 3. The molecule has 0 unspecified atom stereocenters. The maximum atomic E-state index is 4.69. The van der Waals surface area contributed by atoms with E-state index in [2.05, 4.69) is 54.9 Å². The van der Waals surface area contributed by atoms with Gasteiger partial charge in [-0.3, -0.25) is 0 Å². The average Bonchev–Trinajstić information content (AvgIpc) is 2.89. The number of rotatable bonds is 4. The van der Waals surface area contributed by atoms with Crippen LogP contribution in [-0.2, 0) is 0 Å². The zero-order valence-electron chi connectivity index (χ0n) is 12.3. The van der Waals surface area contributed by atoms with Crippen LogP contribution >= 0.6 is 0 Å². The van der Waals surface area contributed by atoms with Crippen LogP contribution in [0.1, 0.15) is 26.5 Å². The van der Waals surface area contributed by atoms with Crippen molar-refractivity contribution in [1.82, 2.24) is 10.3 Å². The van der Waals surface area contributed by atoms with E-state index in [1.54, 1.807) is 0 Å². The molecule has 0 bridgehead atoms. The summed E-state index contributed by atoms with van der Waals surface area (Å²) >= 11 is 0. The molecular formula is C15H24N4. The molecule has 0 aromatic carbocycles. The number of anilines is 2. The van der Waals surface area contributed by atoms with E-state index >= 15 is 0 Å². The van der Waals surface area contributed by atoms with Gasteiger partial charge in [0.05, 0.1) is 11.4 Å². The van der Waals surface area contributed by atoms with E-state index in [0.29, 0.717) is 0 Å². The molecule has 4 heteroatoms. The van der Waals surface area contributed by atoms with Gasteiger partial charge in [0, 0.05) is 26.7 Å². The van der Waals surface area contributed by atoms with Gasteiger partial charge >= 0.3 is 0 Å². The number of nitrogens with zero attached hydrogens (tertiary/aromatic N) is 1. The van der Waals surface area contributed by atoms with E-state index < -0.39 is 0 Å². The Hall–Kier alpha value is -1.55. The topological polar surface area (TPSA) is 49.0 Å². The molecule has 19 heavy (non-hydrogen) atoms. The van der Waals surface area contributed by atoms with E-state index in [1.807, 2.05) is 7.05 Å². The van der Waals surface area contributed by atoms with Gasteiger partial charge in [0.15, 0.2) is 0 Å². The van der Waals surface area contributed by atoms with Gasteiger partial charge in [-0.1, -0.05) is 26.8 Å². The first-order chi connectivity index (χ1) is 8.99. The normalized spacial score (nSPS) is 15.3. The maximum absolute atomic E-state index is 4.69. The minimum absolute atomic E-state index is 0.252. The Balaban J connectivity index is 2.16. The molecule has 1 aliphatic heterocycles. The molecule has 0 aliphatic carbocycles. The van der Waals surface area contributed by atoms with Crippen molar-refractivity contribution in [3.8, 4) is 0 Å². The minimum Gasteiger partial charge on any atom is -0.382 e. The lowest BCUT2D eigenvalue weighted by atomic mass is 9.97. The third-order valence-electron chi connectivity index (χ3n) is 3.08. The fraction of sp³-hybridized carbons (Fsp3) is 0.533. The van der Waals surface area contributed by atoms with Crippen LogP contribution in [0.3, 0.4) is 0 Å². The fourth-order valence-electron chi connectivity index (χ4n) is 2.00. The summed E-state index contributed by atoms with van der Waals surface area (Å²) in [6.45, 7) is 9.43. The van der Waals surface area contributed by atoms with Gasteiger partial charge in [-0.25, -0.2) is 4.98 Å². The molecule has 3 N–H and O–H groups in total. The van der Waals surface area contributed by atoms with Gasteiger partial charge in [0.25, 0.3) is 0 Å². The summed E-state index contributed by atoms with van der Waals surface area (Å²) in [5.74, 6) is 0.912. The third kappa shape index (κ3) is 3.70. The SMILES string of the molecule is CNc1nc(C2=CCNC2)ccc1NCC(C)(C)C. The van der Waals surface area contributed by atoms with Crippen molar-refractivity contribution in [2.45, 2.75) is 20.8 Å². The van der Waals surface area contributed by atoms with E-state index in [1.165, 1.54) is 5.57 Å². The summed E-state index contributed by atoms with van der Waals surface area (Å²) in [6.07, 6.45) is 2.20. The molecule has 104 valence electrons. The number of aromatic nitrogens is 1. The Kier molecular flexibility index (Phi) is 4.10. The predicted molar refractivity (Wildman–Crippen MR) is 82.6 cm³/mol. The summed E-state index contributed by atoms with van der Waals surface area (Å²) in [6, 6.07) is 4.20. The summed E-state index contributed by atoms with van der Waals surface area (Å²) < 4.78 is 0. The first kappa shape index (κ1) is 13.9. The highest BCUT2D eigenvalue weighted by molar-refractivity contribution is 5.72. The molecular weight excluding hydrogens is 236 g/mol. The fourth-order valence-corrected chi connectivity index (χ4v) is 2.00. The van der Waals surface area contributed by atoms with Crippen LogP contribution in [0.15, 0.2) is 18.2 Å². The molecule has 0 amide bonds. The molecule has 4 nitrogen and oxygen atoms in total. The lowest BCUT2D eigenvalue weighted by molar-refractivity contribution is 0.443. The van der Waals surface area contributed by atoms with Crippen molar-refractivity contribution in [1.29, 1.82) is 0 Å². The summed E-state index contributed by atoms with van der Waals surface area (Å²) in [7, 11) is 1.91. The van der Waals surface area contributed by atoms with Crippen LogP contribution in [0.4, 0.5) is 11.5 Å². The largest absolute Gasteiger partial charge is 0.382 e. The quantitative estimate of drug-likeness (QED) is 0.779. The van der Waals surface area contributed by atoms with Gasteiger partial charge in [-0.15, -0.1) is 0 Å². The molecule has 0 saturated heterocycles. The second kappa shape index (κ2) is 5.61. The van der Waals surface area contributed by atoms with Crippen molar-refractivity contribution >= 4 is 17.1 Å². The second-order valence-corrected chi connectivity index (χ2v) is 6.12. The summed E-state index contributed by atoms with van der Waals surface area (Å²) in [4.78, 5) is 4.69. The van der Waals surface area contributed by atoms with Crippen LogP contribution in [0.25, 0.3) is 5.57 Å². The Morgan fingerprint density at radius 1 is 1.32 bits per heavy atom. The van der Waals surface area contributed by atoms with Crippen LogP contribution in [0.2, 0.25) is 0 Å². The van der Waals surface area contributed by atoms with Gasteiger partial charge in [-0.2, -0.15) is 0 Å². The van der Waals surface area contributed by atoms with Crippen LogP contribution in [0, 0.1) is 5.41 Å². The van der Waals surface area contributed by atoms with E-state index in [0.717, 1.165) is 36.8 Å². The smallest absolute Gasteiger partial charge is 0.149 e. The highest BCUT2D eigenvalue weighted by Gasteiger charge is 2.13. The standard InChI is InChI=1S/C15H24N4/c1-15(2,3)10-18-13-6-5-12(19-14(13)16-4)11-7-8-17-9-11/h5-7,17-18H,8-10H2,1-4H3,(H,16,19). The third-order valence-corrected chi connectivity index (χ3v) is 3.08. The highest BCUT2D eigenvalue weighted by atomic mass is 15.0. The predicted octanol–water partition coefficient (Wildman–Crippen LogP) is 2.57. The first-order valence-corrected chi connectivity index (χ1v) is 6.82. The monoisotopic (exact) mass is 260 g/mol. The van der Waals surface area contributed by atoms with E-state index in [4.69, 9.17) is 4.98 Å². The molecule has 1 aromatic heterocycles. The van der Waals surface area contributed by atoms with Gasteiger partial charge in [0.2, 0.25) is 0 Å². The highest BCUT2D eigenvalue weighted by Crippen LogP contribution is 2.25. The molecule has 0 spiro atoms. The molecule has 1 aliphatic rings. The molecule has 0 fully saturated rings. The number of hydrogen-bond acceptors (Lipinski definition) is 4. The first-order valence-electron chi connectivity index (χ1n) is 6.82. The number of pyridine rings is 1. The molecule has 2 heterocycles. The Labute approximate surface area is 115 Å². The van der Waals surface area contributed by atoms with Gasteiger partial charge in [0.1, 0.15) is 5.82 Å². The van der Waals surface area contributed by atoms with E-state index in [9.17, 15) is 0 Å². The summed E-state index contributed by atoms with van der Waals surface area (Å²) in [5.41, 5.74) is 3.64.